The van der Waals surface area contributed by atoms with Gasteiger partial charge in [0.25, 0.3) is 0 Å². The van der Waals surface area contributed by atoms with E-state index >= 15 is 0 Å². The van der Waals surface area contributed by atoms with Crippen LogP contribution in [0.3, 0.4) is 0 Å². The predicted octanol–water partition coefficient (Wildman–Crippen LogP) is 2.77. The van der Waals surface area contributed by atoms with Gasteiger partial charge in [-0.1, -0.05) is 6.92 Å². The molecule has 3 nitrogen and oxygen atoms in total. The highest BCUT2D eigenvalue weighted by Crippen LogP contribution is 2.25. The Balaban J connectivity index is 3.13. The van der Waals surface area contributed by atoms with Crippen LogP contribution in [0.2, 0.25) is 0 Å². The number of aliphatic hydroxyl groups is 1. The number of anilines is 1. The topological polar surface area (TPSA) is 36.4 Å². The van der Waals surface area contributed by atoms with Crippen LogP contribution in [0.25, 0.3) is 0 Å². The van der Waals surface area contributed by atoms with Gasteiger partial charge in [-0.2, -0.15) is 11.8 Å². The number of aromatic nitrogens is 1. The minimum absolute atomic E-state index is 0.0501. The van der Waals surface area contributed by atoms with E-state index in [0.717, 1.165) is 34.8 Å². The molecule has 0 amide bonds. The van der Waals surface area contributed by atoms with Crippen molar-refractivity contribution in [3.8, 4) is 0 Å². The Labute approximate surface area is 115 Å². The fourth-order valence-corrected chi connectivity index (χ4v) is 3.04. The maximum atomic E-state index is 9.55. The molecule has 1 unspecified atom stereocenters. The van der Waals surface area contributed by atoms with Crippen LogP contribution in [-0.2, 0) is 6.61 Å². The van der Waals surface area contributed by atoms with Gasteiger partial charge in [-0.25, -0.2) is 4.98 Å². The average Bonchev–Trinajstić information content (AvgIpc) is 2.34. The number of aliphatic hydroxyl groups excluding tert-OH is 1. The second-order valence-corrected chi connectivity index (χ2v) is 5.58. The molecule has 0 fully saturated rings. The Hall–Kier alpha value is -0.740. The van der Waals surface area contributed by atoms with Crippen LogP contribution >= 0.6 is 11.8 Å². The zero-order valence-electron chi connectivity index (χ0n) is 12.0. The Kier molecular flexibility index (Phi) is 5.96. The number of aryl methyl sites for hydroxylation is 2. The lowest BCUT2D eigenvalue weighted by molar-refractivity contribution is 0.280. The van der Waals surface area contributed by atoms with Gasteiger partial charge in [-0.15, -0.1) is 0 Å². The summed E-state index contributed by atoms with van der Waals surface area (Å²) in [6, 6.07) is 2.48. The van der Waals surface area contributed by atoms with Crippen LogP contribution in [0.15, 0.2) is 6.07 Å². The Morgan fingerprint density at radius 2 is 2.11 bits per heavy atom. The molecule has 1 N–H and O–H groups in total. The molecule has 0 saturated carbocycles. The molecule has 4 heteroatoms. The van der Waals surface area contributed by atoms with Crippen LogP contribution in [0, 0.1) is 13.8 Å². The highest BCUT2D eigenvalue weighted by Gasteiger charge is 2.18. The van der Waals surface area contributed by atoms with Crippen molar-refractivity contribution in [1.82, 2.24) is 4.98 Å². The summed E-state index contributed by atoms with van der Waals surface area (Å²) in [7, 11) is 2.07. The van der Waals surface area contributed by atoms with Crippen LogP contribution in [0.5, 0.6) is 0 Å². The van der Waals surface area contributed by atoms with Crippen LogP contribution in [-0.4, -0.2) is 35.2 Å². The molecule has 0 aliphatic heterocycles. The van der Waals surface area contributed by atoms with Crippen molar-refractivity contribution < 1.29 is 5.11 Å². The van der Waals surface area contributed by atoms with E-state index in [0.29, 0.717) is 6.04 Å². The maximum Gasteiger partial charge on any atom is 0.134 e. The van der Waals surface area contributed by atoms with Crippen molar-refractivity contribution >= 4 is 17.6 Å². The lowest BCUT2D eigenvalue weighted by atomic mass is 10.1. The predicted molar refractivity (Wildman–Crippen MR) is 80.5 cm³/mol. The van der Waals surface area contributed by atoms with Crippen molar-refractivity contribution in [1.29, 1.82) is 0 Å². The average molecular weight is 268 g/mol. The van der Waals surface area contributed by atoms with Crippen molar-refractivity contribution in [2.75, 3.05) is 24.0 Å². The van der Waals surface area contributed by atoms with Gasteiger partial charge in [-0.3, -0.25) is 0 Å². The van der Waals surface area contributed by atoms with Crippen LogP contribution in [0.1, 0.15) is 30.2 Å². The summed E-state index contributed by atoms with van der Waals surface area (Å²) in [5.74, 6) is 2.00. The molecule has 0 aliphatic rings. The molecule has 0 aromatic carbocycles. The van der Waals surface area contributed by atoms with Gasteiger partial charge in [0.05, 0.1) is 6.61 Å². The highest BCUT2D eigenvalue weighted by molar-refractivity contribution is 7.98. The van der Waals surface area contributed by atoms with Crippen molar-refractivity contribution in [2.24, 2.45) is 0 Å². The second-order valence-electron chi connectivity index (χ2n) is 4.67. The number of hydrogen-bond acceptors (Lipinski definition) is 4. The van der Waals surface area contributed by atoms with Crippen LogP contribution in [0.4, 0.5) is 5.82 Å². The summed E-state index contributed by atoms with van der Waals surface area (Å²) < 4.78 is 0. The molecule has 0 aliphatic carbocycles. The van der Waals surface area contributed by atoms with Crippen molar-refractivity contribution in [3.63, 3.8) is 0 Å². The first-order valence-electron chi connectivity index (χ1n) is 6.34. The van der Waals surface area contributed by atoms with E-state index < -0.39 is 0 Å². The van der Waals surface area contributed by atoms with Gasteiger partial charge in [0, 0.05) is 30.1 Å². The normalized spacial score (nSPS) is 12.6. The maximum absolute atomic E-state index is 9.55. The molecular weight excluding hydrogens is 244 g/mol. The molecule has 0 spiro atoms. The monoisotopic (exact) mass is 268 g/mol. The van der Waals surface area contributed by atoms with Gasteiger partial charge in [-0.05, 0) is 38.2 Å². The molecule has 1 aromatic rings. The first kappa shape index (κ1) is 15.3. The van der Waals surface area contributed by atoms with Crippen molar-refractivity contribution in [3.05, 3.63) is 22.9 Å². The molecule has 0 bridgehead atoms. The highest BCUT2D eigenvalue weighted by atomic mass is 32.2. The van der Waals surface area contributed by atoms with Gasteiger partial charge >= 0.3 is 0 Å². The number of nitrogens with zero attached hydrogens (tertiary/aromatic N) is 2. The standard InChI is InChI=1S/C14H24N2OS/c1-6-12(9-18-5)16(4)14-13(8-17)10(2)7-11(3)15-14/h7,12,17H,6,8-9H2,1-5H3. The summed E-state index contributed by atoms with van der Waals surface area (Å²) >= 11 is 1.85. The minimum atomic E-state index is 0.0501. The molecule has 0 saturated heterocycles. The van der Waals surface area contributed by atoms with Crippen molar-refractivity contribution in [2.45, 2.75) is 39.8 Å². The first-order chi connectivity index (χ1) is 8.54. The van der Waals surface area contributed by atoms with Gasteiger partial charge in [0.2, 0.25) is 0 Å². The zero-order valence-corrected chi connectivity index (χ0v) is 12.8. The minimum Gasteiger partial charge on any atom is -0.392 e. The Morgan fingerprint density at radius 3 is 2.61 bits per heavy atom. The second kappa shape index (κ2) is 7.00. The quantitative estimate of drug-likeness (QED) is 0.860. The summed E-state index contributed by atoms with van der Waals surface area (Å²) in [4.78, 5) is 6.82. The van der Waals surface area contributed by atoms with E-state index in [1.54, 1.807) is 0 Å². The SMILES string of the molecule is CCC(CSC)N(C)c1nc(C)cc(C)c1CO. The lowest BCUT2D eigenvalue weighted by Crippen LogP contribution is -2.34. The lowest BCUT2D eigenvalue weighted by Gasteiger charge is -2.30. The number of hydrogen-bond donors (Lipinski definition) is 1. The molecule has 1 atom stereocenters. The van der Waals surface area contributed by atoms with Gasteiger partial charge in [0.15, 0.2) is 0 Å². The van der Waals surface area contributed by atoms with E-state index in [1.165, 1.54) is 0 Å². The third-order valence-corrected chi connectivity index (χ3v) is 4.04. The molecule has 1 heterocycles. The van der Waals surface area contributed by atoms with E-state index in [4.69, 9.17) is 0 Å². The molecule has 18 heavy (non-hydrogen) atoms. The summed E-state index contributed by atoms with van der Waals surface area (Å²) in [5.41, 5.74) is 3.07. The van der Waals surface area contributed by atoms with E-state index in [9.17, 15) is 5.11 Å². The first-order valence-corrected chi connectivity index (χ1v) is 7.74. The fraction of sp³-hybridized carbons (Fsp3) is 0.643. The Bertz CT molecular complexity index is 396. The number of pyridine rings is 1. The largest absolute Gasteiger partial charge is 0.392 e. The van der Waals surface area contributed by atoms with Gasteiger partial charge in [0.1, 0.15) is 5.82 Å². The van der Waals surface area contributed by atoms with Gasteiger partial charge < -0.3 is 10.0 Å². The fourth-order valence-electron chi connectivity index (χ4n) is 2.20. The number of rotatable bonds is 6. The summed E-state index contributed by atoms with van der Waals surface area (Å²) in [6.45, 7) is 6.28. The zero-order chi connectivity index (χ0) is 13.7. The molecule has 0 radical (unpaired) electrons. The Morgan fingerprint density at radius 1 is 1.44 bits per heavy atom. The summed E-state index contributed by atoms with van der Waals surface area (Å²) in [6.07, 6.45) is 3.20. The number of thioether (sulfide) groups is 1. The smallest absolute Gasteiger partial charge is 0.134 e. The summed E-state index contributed by atoms with van der Waals surface area (Å²) in [5, 5.41) is 9.55. The molecule has 1 rings (SSSR count). The third kappa shape index (κ3) is 3.39. The van der Waals surface area contributed by atoms with E-state index in [1.807, 2.05) is 31.7 Å². The van der Waals surface area contributed by atoms with Crippen LogP contribution < -0.4 is 4.90 Å². The third-order valence-electron chi connectivity index (χ3n) is 3.32. The van der Waals surface area contributed by atoms with E-state index in [-0.39, 0.29) is 6.61 Å². The van der Waals surface area contributed by atoms with E-state index in [2.05, 4.69) is 30.1 Å². The molecule has 102 valence electrons. The molecule has 1 aromatic heterocycles. The molecular formula is C14H24N2OS.